The monoisotopic (exact) mass is 279 g/mol. The number of imidazole rings is 1. The summed E-state index contributed by atoms with van der Waals surface area (Å²) >= 11 is 1.34. The van der Waals surface area contributed by atoms with Crippen LogP contribution in [0, 0.1) is 5.92 Å². The van der Waals surface area contributed by atoms with Crippen molar-refractivity contribution < 1.29 is 14.7 Å². The summed E-state index contributed by atoms with van der Waals surface area (Å²) in [7, 11) is 0. The van der Waals surface area contributed by atoms with Crippen LogP contribution < -0.4 is 0 Å². The van der Waals surface area contributed by atoms with E-state index in [-0.39, 0.29) is 23.6 Å². The van der Waals surface area contributed by atoms with Crippen LogP contribution in [0.1, 0.15) is 19.8 Å². The smallest absolute Gasteiger partial charge is 0.353 e. The van der Waals surface area contributed by atoms with E-state index < -0.39 is 5.97 Å². The number of carbonyl (C=O) groups excluding carboxylic acids is 1. The number of aliphatic carboxylic acids is 1. The summed E-state index contributed by atoms with van der Waals surface area (Å²) in [5, 5.41) is 10.1. The summed E-state index contributed by atoms with van der Waals surface area (Å²) in [6.45, 7) is 1.96. The van der Waals surface area contributed by atoms with Crippen molar-refractivity contribution >= 4 is 23.6 Å². The van der Waals surface area contributed by atoms with Crippen molar-refractivity contribution in [3.05, 3.63) is 23.1 Å². The molecule has 100 valence electrons. The molecule has 19 heavy (non-hydrogen) atoms. The third-order valence-corrected chi connectivity index (χ3v) is 4.65. The number of nitrogens with zero attached hydrogens (tertiary/aromatic N) is 2. The number of carboxylic acid groups (broad SMARTS) is 1. The molecule has 0 saturated carbocycles. The highest BCUT2D eigenvalue weighted by molar-refractivity contribution is 8.03. The molecule has 0 bridgehead atoms. The first-order chi connectivity index (χ1) is 9.13. The van der Waals surface area contributed by atoms with Gasteiger partial charge in [-0.15, -0.1) is 0 Å². The number of hydrogen-bond acceptors (Lipinski definition) is 4. The van der Waals surface area contributed by atoms with Crippen molar-refractivity contribution in [1.82, 2.24) is 14.9 Å². The van der Waals surface area contributed by atoms with Gasteiger partial charge in [0.15, 0.2) is 0 Å². The van der Waals surface area contributed by atoms with Crippen molar-refractivity contribution in [3.63, 3.8) is 0 Å². The van der Waals surface area contributed by atoms with Crippen LogP contribution >= 0.6 is 11.8 Å². The third-order valence-electron chi connectivity index (χ3n) is 3.60. The number of carbonyl (C=O) groups is 2. The highest BCUT2D eigenvalue weighted by atomic mass is 32.2. The number of hydrogen-bond donors (Lipinski definition) is 2. The molecule has 1 amide bonds. The summed E-state index contributed by atoms with van der Waals surface area (Å²) < 4.78 is 0. The van der Waals surface area contributed by atoms with Gasteiger partial charge in [0.2, 0.25) is 5.91 Å². The molecule has 1 saturated heterocycles. The molecule has 2 N–H and O–H groups in total. The number of aromatic nitrogens is 2. The van der Waals surface area contributed by atoms with Crippen LogP contribution in [0.5, 0.6) is 0 Å². The minimum Gasteiger partial charge on any atom is -0.477 e. The van der Waals surface area contributed by atoms with Crippen molar-refractivity contribution in [1.29, 1.82) is 0 Å². The van der Waals surface area contributed by atoms with Crippen LogP contribution in [0.25, 0.3) is 0 Å². The Labute approximate surface area is 113 Å². The summed E-state index contributed by atoms with van der Waals surface area (Å²) in [6, 6.07) is 0.0222. The number of H-pyrrole nitrogens is 1. The standard InChI is InChI=1S/C12H13N3O3S/c1-2-6-7-3-8(19-9-4-13-5-14-9)10(12(17)18)15(7)11(6)16/h4-7H,2-3H2,1H3,(H,13,14)(H,17,18). The summed E-state index contributed by atoms with van der Waals surface area (Å²) in [5.74, 6) is -1.13. The maximum atomic E-state index is 11.9. The molecule has 2 aliphatic heterocycles. The second-order valence-electron chi connectivity index (χ2n) is 4.59. The van der Waals surface area contributed by atoms with Crippen molar-refractivity contribution in [2.45, 2.75) is 30.8 Å². The molecule has 7 heteroatoms. The first-order valence-corrected chi connectivity index (χ1v) is 6.90. The molecule has 2 unspecified atom stereocenters. The summed E-state index contributed by atoms with van der Waals surface area (Å²) in [4.78, 5) is 32.3. The number of nitrogens with one attached hydrogen (secondary N) is 1. The predicted molar refractivity (Wildman–Crippen MR) is 68.1 cm³/mol. The van der Waals surface area contributed by atoms with Gasteiger partial charge in [0.25, 0.3) is 0 Å². The second kappa shape index (κ2) is 4.41. The van der Waals surface area contributed by atoms with Crippen molar-refractivity contribution in [3.8, 4) is 0 Å². The van der Waals surface area contributed by atoms with E-state index in [0.717, 1.165) is 16.4 Å². The normalized spacial score (nSPS) is 25.5. The fourth-order valence-electron chi connectivity index (χ4n) is 2.73. The van der Waals surface area contributed by atoms with E-state index in [0.29, 0.717) is 6.42 Å². The van der Waals surface area contributed by atoms with Crippen molar-refractivity contribution in [2.75, 3.05) is 0 Å². The van der Waals surface area contributed by atoms with Gasteiger partial charge >= 0.3 is 5.97 Å². The van der Waals surface area contributed by atoms with Gasteiger partial charge in [0.05, 0.1) is 29.5 Å². The lowest BCUT2D eigenvalue weighted by Crippen LogP contribution is -2.58. The zero-order valence-electron chi connectivity index (χ0n) is 10.3. The molecule has 0 aromatic carbocycles. The lowest BCUT2D eigenvalue weighted by atomic mass is 9.85. The lowest BCUT2D eigenvalue weighted by molar-refractivity contribution is -0.155. The number of rotatable bonds is 4. The molecule has 1 aromatic rings. The Hall–Kier alpha value is -1.76. The van der Waals surface area contributed by atoms with E-state index in [2.05, 4.69) is 9.97 Å². The van der Waals surface area contributed by atoms with E-state index in [1.54, 1.807) is 12.5 Å². The fraction of sp³-hybridized carbons (Fsp3) is 0.417. The van der Waals surface area contributed by atoms with E-state index in [1.807, 2.05) is 6.92 Å². The van der Waals surface area contributed by atoms with Gasteiger partial charge in [-0.2, -0.15) is 0 Å². The molecule has 2 aliphatic rings. The van der Waals surface area contributed by atoms with Gasteiger partial charge in [-0.3, -0.25) is 4.79 Å². The predicted octanol–water partition coefficient (Wildman–Crippen LogP) is 1.44. The van der Waals surface area contributed by atoms with Gasteiger partial charge in [-0.1, -0.05) is 18.7 Å². The number of thioether (sulfide) groups is 1. The van der Waals surface area contributed by atoms with Gasteiger partial charge in [-0.05, 0) is 6.42 Å². The number of β-lactam (4-membered cyclic amide) rings is 1. The van der Waals surface area contributed by atoms with Crippen molar-refractivity contribution in [2.24, 2.45) is 5.92 Å². The summed E-state index contributed by atoms with van der Waals surface area (Å²) in [6.07, 6.45) is 4.57. The van der Waals surface area contributed by atoms with E-state index >= 15 is 0 Å². The Morgan fingerprint density at radius 3 is 3.05 bits per heavy atom. The first-order valence-electron chi connectivity index (χ1n) is 6.09. The molecule has 3 rings (SSSR count). The SMILES string of the molecule is CCC1C(=O)N2C(C(=O)O)=C(Sc3cnc[nH]3)CC12. The Bertz CT molecular complexity index is 567. The van der Waals surface area contributed by atoms with Crippen LogP contribution in [-0.4, -0.2) is 37.9 Å². The fourth-order valence-corrected chi connectivity index (χ4v) is 3.75. The third kappa shape index (κ3) is 1.76. The molecular weight excluding hydrogens is 266 g/mol. The van der Waals surface area contributed by atoms with Gasteiger partial charge in [0.1, 0.15) is 5.70 Å². The number of carboxylic acids is 1. The maximum Gasteiger partial charge on any atom is 0.353 e. The Kier molecular flexibility index (Phi) is 2.85. The lowest BCUT2D eigenvalue weighted by Gasteiger charge is -2.42. The Morgan fingerprint density at radius 1 is 1.68 bits per heavy atom. The largest absolute Gasteiger partial charge is 0.477 e. The molecule has 0 radical (unpaired) electrons. The average molecular weight is 279 g/mol. The molecule has 2 atom stereocenters. The minimum absolute atomic E-state index is 0.0222. The maximum absolute atomic E-state index is 11.9. The van der Waals surface area contributed by atoms with Gasteiger partial charge in [-0.25, -0.2) is 9.78 Å². The van der Waals surface area contributed by atoms with Crippen LogP contribution in [0.3, 0.4) is 0 Å². The van der Waals surface area contributed by atoms with Crippen LogP contribution in [0.4, 0.5) is 0 Å². The molecule has 0 aliphatic carbocycles. The minimum atomic E-state index is -1.03. The Morgan fingerprint density at radius 2 is 2.47 bits per heavy atom. The van der Waals surface area contributed by atoms with Crippen LogP contribution in [0.15, 0.2) is 28.2 Å². The van der Waals surface area contributed by atoms with E-state index in [1.165, 1.54) is 16.7 Å². The highest BCUT2D eigenvalue weighted by Gasteiger charge is 2.54. The highest BCUT2D eigenvalue weighted by Crippen LogP contribution is 2.48. The quantitative estimate of drug-likeness (QED) is 0.814. The van der Waals surface area contributed by atoms with E-state index in [9.17, 15) is 14.7 Å². The first kappa shape index (κ1) is 12.3. The Balaban J connectivity index is 1.90. The van der Waals surface area contributed by atoms with Gasteiger partial charge in [0, 0.05) is 11.3 Å². The zero-order valence-corrected chi connectivity index (χ0v) is 11.1. The zero-order chi connectivity index (χ0) is 13.6. The summed E-state index contributed by atoms with van der Waals surface area (Å²) in [5.41, 5.74) is 0.138. The molecule has 6 nitrogen and oxygen atoms in total. The second-order valence-corrected chi connectivity index (χ2v) is 5.73. The number of aromatic amines is 1. The average Bonchev–Trinajstić information content (AvgIpc) is 2.96. The molecule has 1 aromatic heterocycles. The van der Waals surface area contributed by atoms with E-state index in [4.69, 9.17) is 0 Å². The van der Waals surface area contributed by atoms with Crippen LogP contribution in [-0.2, 0) is 9.59 Å². The molecule has 0 spiro atoms. The number of amides is 1. The van der Waals surface area contributed by atoms with Crippen LogP contribution in [0.2, 0.25) is 0 Å². The van der Waals surface area contributed by atoms with Gasteiger partial charge < -0.3 is 15.0 Å². The number of fused-ring (bicyclic) bond motifs is 1. The molecular formula is C12H13N3O3S. The molecule has 1 fully saturated rings. The topological polar surface area (TPSA) is 86.3 Å². The molecule has 3 heterocycles.